The van der Waals surface area contributed by atoms with Crippen molar-refractivity contribution in [2.75, 3.05) is 19.8 Å². The first-order chi connectivity index (χ1) is 12.1. The summed E-state index contributed by atoms with van der Waals surface area (Å²) in [6, 6.07) is 10.1. The Kier molecular flexibility index (Phi) is 5.11. The van der Waals surface area contributed by atoms with Crippen molar-refractivity contribution in [3.05, 3.63) is 69.0 Å². The first-order valence-corrected chi connectivity index (χ1v) is 7.97. The van der Waals surface area contributed by atoms with Crippen LogP contribution in [-0.2, 0) is 16.1 Å². The fraction of sp³-hybridized carbons (Fsp3) is 0.353. The zero-order valence-electron chi connectivity index (χ0n) is 13.5. The molecule has 0 saturated carbocycles. The molecule has 8 heteroatoms. The number of H-pyrrole nitrogens is 1. The second-order valence-electron chi connectivity index (χ2n) is 5.77. The lowest BCUT2D eigenvalue weighted by Gasteiger charge is -2.41. The molecule has 1 fully saturated rings. The van der Waals surface area contributed by atoms with Gasteiger partial charge in [-0.05, 0) is 5.56 Å². The van der Waals surface area contributed by atoms with Gasteiger partial charge in [0.15, 0.2) is 0 Å². The summed E-state index contributed by atoms with van der Waals surface area (Å²) >= 11 is 0. The molecule has 1 aromatic carbocycles. The van der Waals surface area contributed by atoms with Gasteiger partial charge in [0.2, 0.25) is 5.91 Å². The van der Waals surface area contributed by atoms with Crippen molar-refractivity contribution in [1.29, 1.82) is 0 Å². The Morgan fingerprint density at radius 1 is 1.24 bits per heavy atom. The predicted octanol–water partition coefficient (Wildman–Crippen LogP) is -0.502. The van der Waals surface area contributed by atoms with Crippen molar-refractivity contribution in [2.24, 2.45) is 0 Å². The van der Waals surface area contributed by atoms with Gasteiger partial charge in [0, 0.05) is 18.8 Å². The van der Waals surface area contributed by atoms with Gasteiger partial charge < -0.3 is 14.7 Å². The van der Waals surface area contributed by atoms with E-state index in [-0.39, 0.29) is 19.1 Å². The number of aliphatic hydroxyl groups excluding tert-OH is 1. The van der Waals surface area contributed by atoms with Gasteiger partial charge in [-0.1, -0.05) is 30.3 Å². The van der Waals surface area contributed by atoms with Crippen LogP contribution < -0.4 is 11.2 Å². The molecule has 0 unspecified atom stereocenters. The zero-order chi connectivity index (χ0) is 17.8. The Hall–Kier alpha value is -2.71. The number of ether oxygens (including phenoxy) is 1. The van der Waals surface area contributed by atoms with Crippen molar-refractivity contribution >= 4 is 5.91 Å². The number of benzene rings is 1. The van der Waals surface area contributed by atoms with E-state index in [4.69, 9.17) is 4.74 Å². The minimum atomic E-state index is -0.635. The first kappa shape index (κ1) is 17.1. The second kappa shape index (κ2) is 7.45. The number of rotatable bonds is 4. The molecule has 1 amide bonds. The highest BCUT2D eigenvalue weighted by Crippen LogP contribution is 2.29. The number of morpholine rings is 1. The van der Waals surface area contributed by atoms with E-state index in [0.717, 1.165) is 10.1 Å². The molecule has 1 aliphatic heterocycles. The number of carbonyl (C=O) groups is 1. The topological polar surface area (TPSA) is 105 Å². The number of aliphatic hydroxyl groups is 1. The lowest BCUT2D eigenvalue weighted by molar-refractivity contribution is -0.150. The fourth-order valence-corrected chi connectivity index (χ4v) is 3.02. The molecular weight excluding hydrogens is 326 g/mol. The van der Waals surface area contributed by atoms with Crippen molar-refractivity contribution in [3.63, 3.8) is 0 Å². The van der Waals surface area contributed by atoms with Crippen LogP contribution in [0.15, 0.2) is 52.2 Å². The lowest BCUT2D eigenvalue weighted by atomic mass is 9.98. The smallest absolute Gasteiger partial charge is 0.328 e. The molecule has 0 aliphatic carbocycles. The van der Waals surface area contributed by atoms with Crippen molar-refractivity contribution < 1.29 is 14.6 Å². The maximum absolute atomic E-state index is 12.8. The van der Waals surface area contributed by atoms with Gasteiger partial charge in [-0.2, -0.15) is 0 Å². The molecule has 2 heterocycles. The first-order valence-electron chi connectivity index (χ1n) is 7.97. The third kappa shape index (κ3) is 3.70. The lowest BCUT2D eigenvalue weighted by Crippen LogP contribution is -2.51. The molecule has 0 radical (unpaired) electrons. The molecule has 1 saturated heterocycles. The summed E-state index contributed by atoms with van der Waals surface area (Å²) in [6.07, 6.45) is 0.757. The summed E-state index contributed by atoms with van der Waals surface area (Å²) in [4.78, 5) is 39.5. The van der Waals surface area contributed by atoms with Crippen LogP contribution in [0.2, 0.25) is 0 Å². The number of nitrogens with one attached hydrogen (secondary N) is 1. The molecule has 25 heavy (non-hydrogen) atoms. The summed E-state index contributed by atoms with van der Waals surface area (Å²) < 4.78 is 6.75. The van der Waals surface area contributed by atoms with E-state index in [0.29, 0.717) is 13.2 Å². The number of hydrogen-bond donors (Lipinski definition) is 2. The van der Waals surface area contributed by atoms with Gasteiger partial charge in [-0.25, -0.2) is 4.79 Å². The number of hydrogen-bond acceptors (Lipinski definition) is 5. The number of nitrogens with zero attached hydrogens (tertiary/aromatic N) is 2. The number of aromatic nitrogens is 2. The minimum absolute atomic E-state index is 0.197. The average Bonchev–Trinajstić information content (AvgIpc) is 2.64. The average molecular weight is 345 g/mol. The molecule has 1 aromatic heterocycles. The van der Waals surface area contributed by atoms with Crippen LogP contribution in [0.3, 0.4) is 0 Å². The highest BCUT2D eigenvalue weighted by Gasteiger charge is 2.35. The quantitative estimate of drug-likeness (QED) is 0.777. The summed E-state index contributed by atoms with van der Waals surface area (Å²) in [5.41, 5.74) is -0.296. The molecule has 1 aliphatic rings. The molecule has 132 valence electrons. The molecule has 0 spiro atoms. The van der Waals surface area contributed by atoms with Crippen molar-refractivity contribution in [1.82, 2.24) is 14.5 Å². The number of carbonyl (C=O) groups excluding carboxylic acids is 1. The van der Waals surface area contributed by atoms with Crippen LogP contribution >= 0.6 is 0 Å². The molecule has 2 aromatic rings. The Balaban J connectivity index is 1.88. The third-order valence-corrected chi connectivity index (χ3v) is 4.20. The van der Waals surface area contributed by atoms with Crippen LogP contribution in [0.5, 0.6) is 0 Å². The van der Waals surface area contributed by atoms with Gasteiger partial charge in [0.25, 0.3) is 5.56 Å². The molecular formula is C17H19N3O5. The van der Waals surface area contributed by atoms with E-state index < -0.39 is 23.4 Å². The maximum Gasteiger partial charge on any atom is 0.328 e. The van der Waals surface area contributed by atoms with Crippen LogP contribution in [0.4, 0.5) is 0 Å². The van der Waals surface area contributed by atoms with E-state index in [2.05, 4.69) is 4.98 Å². The molecule has 2 N–H and O–H groups in total. The molecule has 2 atom stereocenters. The summed E-state index contributed by atoms with van der Waals surface area (Å²) in [6.45, 7) is 0.243. The summed E-state index contributed by atoms with van der Waals surface area (Å²) in [5, 5.41) is 9.63. The Morgan fingerprint density at radius 3 is 2.68 bits per heavy atom. The van der Waals surface area contributed by atoms with Crippen molar-refractivity contribution in [3.8, 4) is 0 Å². The van der Waals surface area contributed by atoms with Crippen LogP contribution in [0.25, 0.3) is 0 Å². The fourth-order valence-electron chi connectivity index (χ4n) is 3.02. The van der Waals surface area contributed by atoms with Gasteiger partial charge in [0.1, 0.15) is 12.6 Å². The zero-order valence-corrected chi connectivity index (χ0v) is 13.5. The minimum Gasteiger partial charge on any atom is -0.394 e. The summed E-state index contributed by atoms with van der Waals surface area (Å²) in [7, 11) is 0. The Morgan fingerprint density at radius 2 is 2.00 bits per heavy atom. The summed E-state index contributed by atoms with van der Waals surface area (Å²) in [5.74, 6) is -0.287. The van der Waals surface area contributed by atoms with Gasteiger partial charge >= 0.3 is 5.69 Å². The monoisotopic (exact) mass is 345 g/mol. The van der Waals surface area contributed by atoms with E-state index in [1.807, 2.05) is 30.3 Å². The van der Waals surface area contributed by atoms with E-state index >= 15 is 0 Å². The van der Waals surface area contributed by atoms with Crippen LogP contribution in [0.1, 0.15) is 11.6 Å². The highest BCUT2D eigenvalue weighted by atomic mass is 16.5. The SMILES string of the molecule is O=C(Cn1ccc(=O)[nH]c1=O)N1CCO[C@H](CO)[C@H]1c1ccccc1. The Bertz CT molecular complexity index is 845. The van der Waals surface area contributed by atoms with E-state index in [1.165, 1.54) is 12.3 Å². The van der Waals surface area contributed by atoms with Crippen LogP contribution in [-0.4, -0.2) is 51.3 Å². The standard InChI is InChI=1S/C17H19N3O5/c21-11-13-16(12-4-2-1-3-5-12)20(8-9-25-13)15(23)10-19-7-6-14(22)18-17(19)24/h1-7,13,16,21H,8-11H2,(H,18,22,24)/t13-,16-/m1/s1. The normalized spacial score (nSPS) is 20.4. The highest BCUT2D eigenvalue weighted by molar-refractivity contribution is 5.76. The van der Waals surface area contributed by atoms with Crippen LogP contribution in [0, 0.1) is 0 Å². The second-order valence-corrected chi connectivity index (χ2v) is 5.77. The molecule has 8 nitrogen and oxygen atoms in total. The largest absolute Gasteiger partial charge is 0.394 e. The van der Waals surface area contributed by atoms with Gasteiger partial charge in [0.05, 0.1) is 19.3 Å². The van der Waals surface area contributed by atoms with E-state index in [9.17, 15) is 19.5 Å². The number of aromatic amines is 1. The Labute approximate surface area is 143 Å². The predicted molar refractivity (Wildman–Crippen MR) is 89.0 cm³/mol. The van der Waals surface area contributed by atoms with Gasteiger partial charge in [-0.15, -0.1) is 0 Å². The maximum atomic E-state index is 12.8. The van der Waals surface area contributed by atoms with E-state index in [1.54, 1.807) is 4.90 Å². The van der Waals surface area contributed by atoms with Crippen molar-refractivity contribution in [2.45, 2.75) is 18.7 Å². The molecule has 0 bridgehead atoms. The third-order valence-electron chi connectivity index (χ3n) is 4.20. The van der Waals surface area contributed by atoms with Gasteiger partial charge in [-0.3, -0.25) is 19.1 Å². The molecule has 3 rings (SSSR count). The number of amides is 1.